The summed E-state index contributed by atoms with van der Waals surface area (Å²) in [5.74, 6) is -1.28. The predicted octanol–water partition coefficient (Wildman–Crippen LogP) is 4.70. The van der Waals surface area contributed by atoms with E-state index in [0.717, 1.165) is 5.56 Å². The molecule has 3 rings (SSSR count). The van der Waals surface area contributed by atoms with Gasteiger partial charge in [-0.05, 0) is 42.8 Å². The first-order valence-corrected chi connectivity index (χ1v) is 10.0. The molecule has 0 fully saturated rings. The number of aryl methyl sites for hydroxylation is 1. The second-order valence-corrected chi connectivity index (χ2v) is 7.20. The van der Waals surface area contributed by atoms with E-state index in [1.807, 2.05) is 0 Å². The lowest BCUT2D eigenvalue weighted by Crippen LogP contribution is -2.22. The largest absolute Gasteiger partial charge is 0.495 e. The Hall–Kier alpha value is -3.84. The first-order chi connectivity index (χ1) is 15.4. The summed E-state index contributed by atoms with van der Waals surface area (Å²) in [7, 11) is 1.46. The molecule has 0 aliphatic carbocycles. The number of carbonyl (C=O) groups is 3. The molecule has 7 nitrogen and oxygen atoms in total. The third-order valence-electron chi connectivity index (χ3n) is 4.52. The summed E-state index contributed by atoms with van der Waals surface area (Å²) in [6.07, 6.45) is 0. The monoisotopic (exact) mass is 452 g/mol. The minimum absolute atomic E-state index is 0.129. The Labute approximate surface area is 190 Å². The number of ether oxygens (including phenoxy) is 2. The van der Waals surface area contributed by atoms with Gasteiger partial charge in [0.05, 0.1) is 24.0 Å². The molecule has 0 saturated carbocycles. The fraction of sp³-hybridized carbons (Fsp3) is 0.125. The van der Waals surface area contributed by atoms with Crippen molar-refractivity contribution in [2.24, 2.45) is 0 Å². The van der Waals surface area contributed by atoms with Gasteiger partial charge in [-0.25, -0.2) is 4.79 Å². The molecular weight excluding hydrogens is 432 g/mol. The standard InChI is InChI=1S/C24H21ClN2O5/c1-15-12-20(21(31-2)13-18(15)25)26-22(28)14-32-24(30)17-10-6-7-11-19(17)27-23(29)16-8-4-3-5-9-16/h3-13H,14H2,1-2H3,(H,26,28)(H,27,29). The molecule has 3 aromatic carbocycles. The van der Waals surface area contributed by atoms with Gasteiger partial charge in [-0.15, -0.1) is 0 Å². The molecule has 0 saturated heterocycles. The second kappa shape index (κ2) is 10.5. The Morgan fingerprint density at radius 1 is 0.906 bits per heavy atom. The highest BCUT2D eigenvalue weighted by atomic mass is 35.5. The van der Waals surface area contributed by atoms with Gasteiger partial charge in [-0.3, -0.25) is 9.59 Å². The van der Waals surface area contributed by atoms with E-state index in [4.69, 9.17) is 21.1 Å². The zero-order chi connectivity index (χ0) is 23.1. The quantitative estimate of drug-likeness (QED) is 0.506. The van der Waals surface area contributed by atoms with Gasteiger partial charge in [0.2, 0.25) is 0 Å². The molecule has 0 unspecified atom stereocenters. The van der Waals surface area contributed by atoms with E-state index in [-0.39, 0.29) is 17.2 Å². The minimum atomic E-state index is -0.747. The number of rotatable bonds is 7. The van der Waals surface area contributed by atoms with E-state index in [1.165, 1.54) is 13.2 Å². The number of esters is 1. The van der Waals surface area contributed by atoms with Gasteiger partial charge in [0.25, 0.3) is 11.8 Å². The topological polar surface area (TPSA) is 93.7 Å². The van der Waals surface area contributed by atoms with Crippen LogP contribution < -0.4 is 15.4 Å². The third kappa shape index (κ3) is 5.65. The fourth-order valence-corrected chi connectivity index (χ4v) is 3.03. The Morgan fingerprint density at radius 2 is 1.59 bits per heavy atom. The second-order valence-electron chi connectivity index (χ2n) is 6.79. The highest BCUT2D eigenvalue weighted by Gasteiger charge is 2.17. The van der Waals surface area contributed by atoms with E-state index in [0.29, 0.717) is 22.0 Å². The van der Waals surface area contributed by atoms with Crippen molar-refractivity contribution in [2.75, 3.05) is 24.4 Å². The normalized spacial score (nSPS) is 10.2. The Kier molecular flexibility index (Phi) is 7.46. The van der Waals surface area contributed by atoms with Crippen molar-refractivity contribution in [3.8, 4) is 5.75 Å². The number of methoxy groups -OCH3 is 1. The molecule has 32 heavy (non-hydrogen) atoms. The van der Waals surface area contributed by atoms with E-state index in [1.54, 1.807) is 67.6 Å². The van der Waals surface area contributed by atoms with Crippen LogP contribution in [0.4, 0.5) is 11.4 Å². The van der Waals surface area contributed by atoms with Gasteiger partial charge in [-0.2, -0.15) is 0 Å². The molecule has 2 N–H and O–H groups in total. The van der Waals surface area contributed by atoms with Gasteiger partial charge in [-0.1, -0.05) is 41.9 Å². The lowest BCUT2D eigenvalue weighted by atomic mass is 10.1. The number of hydrogen-bond acceptors (Lipinski definition) is 5. The summed E-state index contributed by atoms with van der Waals surface area (Å²) in [6.45, 7) is 1.27. The van der Waals surface area contributed by atoms with Crippen LogP contribution >= 0.6 is 11.6 Å². The lowest BCUT2D eigenvalue weighted by molar-refractivity contribution is -0.119. The van der Waals surface area contributed by atoms with Gasteiger partial charge >= 0.3 is 5.97 Å². The summed E-state index contributed by atoms with van der Waals surface area (Å²) < 4.78 is 10.4. The number of benzene rings is 3. The minimum Gasteiger partial charge on any atom is -0.495 e. The van der Waals surface area contributed by atoms with Crippen molar-refractivity contribution in [3.63, 3.8) is 0 Å². The average molecular weight is 453 g/mol. The van der Waals surface area contributed by atoms with Crippen molar-refractivity contribution in [1.29, 1.82) is 0 Å². The lowest BCUT2D eigenvalue weighted by Gasteiger charge is -2.13. The Bertz CT molecular complexity index is 1150. The number of carbonyl (C=O) groups excluding carboxylic acids is 3. The van der Waals surface area contributed by atoms with Crippen LogP contribution in [0.2, 0.25) is 5.02 Å². The van der Waals surface area contributed by atoms with Crippen LogP contribution in [-0.4, -0.2) is 31.5 Å². The highest BCUT2D eigenvalue weighted by molar-refractivity contribution is 6.31. The highest BCUT2D eigenvalue weighted by Crippen LogP contribution is 2.30. The molecule has 0 heterocycles. The molecule has 0 spiro atoms. The maximum Gasteiger partial charge on any atom is 0.340 e. The summed E-state index contributed by atoms with van der Waals surface area (Å²) in [6, 6.07) is 18.3. The zero-order valence-electron chi connectivity index (χ0n) is 17.5. The van der Waals surface area contributed by atoms with Gasteiger partial charge in [0, 0.05) is 16.7 Å². The van der Waals surface area contributed by atoms with Gasteiger partial charge in [0.1, 0.15) is 5.75 Å². The first-order valence-electron chi connectivity index (χ1n) is 9.65. The number of hydrogen-bond donors (Lipinski definition) is 2. The summed E-state index contributed by atoms with van der Waals surface area (Å²) in [5.41, 5.74) is 2.02. The predicted molar refractivity (Wildman–Crippen MR) is 122 cm³/mol. The molecule has 3 aromatic rings. The molecule has 2 amide bonds. The summed E-state index contributed by atoms with van der Waals surface area (Å²) in [5, 5.41) is 5.83. The van der Waals surface area contributed by atoms with E-state index in [2.05, 4.69) is 10.6 Å². The van der Waals surface area contributed by atoms with Crippen molar-refractivity contribution in [2.45, 2.75) is 6.92 Å². The van der Waals surface area contributed by atoms with Gasteiger partial charge < -0.3 is 20.1 Å². The van der Waals surface area contributed by atoms with Crippen molar-refractivity contribution < 1.29 is 23.9 Å². The molecule has 8 heteroatoms. The molecular formula is C24H21ClN2O5. The average Bonchev–Trinajstić information content (AvgIpc) is 2.80. The summed E-state index contributed by atoms with van der Waals surface area (Å²) in [4.78, 5) is 37.3. The van der Waals surface area contributed by atoms with Crippen LogP contribution in [0.15, 0.2) is 66.7 Å². The maximum absolute atomic E-state index is 12.6. The molecule has 0 aliphatic rings. The fourth-order valence-electron chi connectivity index (χ4n) is 2.88. The van der Waals surface area contributed by atoms with E-state index < -0.39 is 18.5 Å². The smallest absolute Gasteiger partial charge is 0.340 e. The van der Waals surface area contributed by atoms with Crippen LogP contribution in [0.1, 0.15) is 26.3 Å². The number of amides is 2. The van der Waals surface area contributed by atoms with Crippen molar-refractivity contribution >= 4 is 40.8 Å². The van der Waals surface area contributed by atoms with Gasteiger partial charge in [0.15, 0.2) is 6.61 Å². The first kappa shape index (κ1) is 22.8. The molecule has 0 radical (unpaired) electrons. The SMILES string of the molecule is COc1cc(Cl)c(C)cc1NC(=O)COC(=O)c1ccccc1NC(=O)c1ccccc1. The number of para-hydroxylation sites is 1. The molecule has 0 bridgehead atoms. The maximum atomic E-state index is 12.6. The molecule has 0 atom stereocenters. The van der Waals surface area contributed by atoms with Crippen LogP contribution in [-0.2, 0) is 9.53 Å². The Balaban J connectivity index is 1.65. The number of anilines is 2. The van der Waals surface area contributed by atoms with Crippen LogP contribution in [0.25, 0.3) is 0 Å². The number of nitrogens with one attached hydrogen (secondary N) is 2. The summed E-state index contributed by atoms with van der Waals surface area (Å²) >= 11 is 6.07. The number of halogens is 1. The molecule has 0 aromatic heterocycles. The van der Waals surface area contributed by atoms with Crippen molar-refractivity contribution in [3.05, 3.63) is 88.4 Å². The van der Waals surface area contributed by atoms with Crippen LogP contribution in [0.5, 0.6) is 5.75 Å². The third-order valence-corrected chi connectivity index (χ3v) is 4.93. The molecule has 164 valence electrons. The van der Waals surface area contributed by atoms with Crippen LogP contribution in [0, 0.1) is 6.92 Å². The van der Waals surface area contributed by atoms with Crippen LogP contribution in [0.3, 0.4) is 0 Å². The van der Waals surface area contributed by atoms with Crippen molar-refractivity contribution in [1.82, 2.24) is 0 Å². The zero-order valence-corrected chi connectivity index (χ0v) is 18.2. The Morgan fingerprint density at radius 3 is 2.31 bits per heavy atom. The van der Waals surface area contributed by atoms with E-state index >= 15 is 0 Å². The molecule has 0 aliphatic heterocycles. The van der Waals surface area contributed by atoms with E-state index in [9.17, 15) is 14.4 Å².